The van der Waals surface area contributed by atoms with Gasteiger partial charge in [0, 0.05) is 0 Å². The summed E-state index contributed by atoms with van der Waals surface area (Å²) in [6.07, 6.45) is 1.52. The SMILES string of the molecule is CCOc1ccc([C@@H]2C(C(=O)OC(C)C)=C(C)N=c3s/c(=C/c4cccc(OCc5cccc6ccccc56)c4)c(=O)n32)cc1. The number of carbonyl (C=O) groups excluding carboxylic acids is 1. The van der Waals surface area contributed by atoms with Gasteiger partial charge in [-0.1, -0.05) is 78.1 Å². The van der Waals surface area contributed by atoms with Crippen molar-refractivity contribution in [2.24, 2.45) is 4.99 Å². The molecule has 7 nitrogen and oxygen atoms in total. The van der Waals surface area contributed by atoms with E-state index >= 15 is 0 Å². The maximum atomic E-state index is 14.0. The van der Waals surface area contributed by atoms with Crippen LogP contribution in [0.4, 0.5) is 0 Å². The molecule has 0 radical (unpaired) electrons. The molecular weight excluding hydrogens is 584 g/mol. The number of aromatic nitrogens is 1. The van der Waals surface area contributed by atoms with Gasteiger partial charge in [-0.2, -0.15) is 0 Å². The third-order valence-corrected chi connectivity index (χ3v) is 8.50. The Morgan fingerprint density at radius 1 is 0.956 bits per heavy atom. The quantitative estimate of drug-likeness (QED) is 0.181. The minimum atomic E-state index is -0.694. The molecular formula is C37H34N2O5S. The number of nitrogens with zero attached hydrogens (tertiary/aromatic N) is 2. The first kappa shape index (κ1) is 30.1. The van der Waals surface area contributed by atoms with E-state index in [1.54, 1.807) is 25.3 Å². The van der Waals surface area contributed by atoms with Crippen LogP contribution >= 0.6 is 11.3 Å². The second-order valence-corrected chi connectivity index (χ2v) is 12.0. The largest absolute Gasteiger partial charge is 0.494 e. The highest BCUT2D eigenvalue weighted by Crippen LogP contribution is 2.32. The molecule has 0 N–H and O–H groups in total. The van der Waals surface area contributed by atoms with Crippen LogP contribution in [-0.2, 0) is 16.1 Å². The summed E-state index contributed by atoms with van der Waals surface area (Å²) in [7, 11) is 0. The highest BCUT2D eigenvalue weighted by atomic mass is 32.1. The molecule has 0 saturated carbocycles. The molecule has 1 atom stereocenters. The van der Waals surface area contributed by atoms with Crippen LogP contribution in [0.5, 0.6) is 11.5 Å². The van der Waals surface area contributed by atoms with Crippen LogP contribution in [0.2, 0.25) is 0 Å². The van der Waals surface area contributed by atoms with E-state index in [1.807, 2.05) is 79.7 Å². The van der Waals surface area contributed by atoms with Crippen molar-refractivity contribution in [3.63, 3.8) is 0 Å². The Bertz CT molecular complexity index is 2080. The first-order valence-electron chi connectivity index (χ1n) is 15.0. The lowest BCUT2D eigenvalue weighted by Gasteiger charge is -2.25. The molecule has 0 saturated heterocycles. The molecule has 0 fully saturated rings. The van der Waals surface area contributed by atoms with E-state index in [2.05, 4.69) is 24.3 Å². The van der Waals surface area contributed by atoms with E-state index < -0.39 is 12.0 Å². The molecule has 8 heteroatoms. The van der Waals surface area contributed by atoms with Crippen molar-refractivity contribution >= 4 is 34.2 Å². The summed E-state index contributed by atoms with van der Waals surface area (Å²) >= 11 is 1.29. The number of hydrogen-bond acceptors (Lipinski definition) is 7. The second-order valence-electron chi connectivity index (χ2n) is 11.0. The van der Waals surface area contributed by atoms with Gasteiger partial charge >= 0.3 is 5.97 Å². The smallest absolute Gasteiger partial charge is 0.338 e. The van der Waals surface area contributed by atoms with Crippen LogP contribution in [-0.4, -0.2) is 23.2 Å². The second kappa shape index (κ2) is 13.0. The maximum Gasteiger partial charge on any atom is 0.338 e. The maximum absolute atomic E-state index is 14.0. The van der Waals surface area contributed by atoms with Gasteiger partial charge < -0.3 is 14.2 Å². The van der Waals surface area contributed by atoms with Crippen molar-refractivity contribution in [1.29, 1.82) is 0 Å². The van der Waals surface area contributed by atoms with Crippen molar-refractivity contribution < 1.29 is 19.0 Å². The minimum Gasteiger partial charge on any atom is -0.494 e. The number of rotatable bonds is 9. The standard InChI is InChI=1S/C37H34N2O5S/c1-5-42-29-18-16-27(17-19-29)34-33(36(41)44-23(2)3)24(4)38-37-39(34)35(40)32(45-37)21-25-10-8-14-30(20-25)43-22-28-13-9-12-26-11-6-7-15-31(26)28/h6-21,23,34H,5,22H2,1-4H3/b32-21+/t34-/m1/s1. The topological polar surface area (TPSA) is 79.1 Å². The van der Waals surface area contributed by atoms with Gasteiger partial charge in [0.25, 0.3) is 5.56 Å². The lowest BCUT2D eigenvalue weighted by atomic mass is 9.96. The highest BCUT2D eigenvalue weighted by molar-refractivity contribution is 7.07. The lowest BCUT2D eigenvalue weighted by molar-refractivity contribution is -0.143. The van der Waals surface area contributed by atoms with Gasteiger partial charge in [0.15, 0.2) is 4.80 Å². The fourth-order valence-corrected chi connectivity index (χ4v) is 6.56. The van der Waals surface area contributed by atoms with E-state index in [9.17, 15) is 9.59 Å². The Morgan fingerprint density at radius 3 is 2.49 bits per heavy atom. The molecule has 1 aliphatic rings. The number of ether oxygens (including phenoxy) is 3. The normalized spacial score (nSPS) is 14.8. The van der Waals surface area contributed by atoms with Crippen LogP contribution in [0, 0.1) is 0 Å². The van der Waals surface area contributed by atoms with Gasteiger partial charge in [-0.25, -0.2) is 9.79 Å². The summed E-state index contributed by atoms with van der Waals surface area (Å²) in [6.45, 7) is 8.26. The van der Waals surface area contributed by atoms with E-state index in [1.165, 1.54) is 16.7 Å². The number of hydrogen-bond donors (Lipinski definition) is 0. The molecule has 0 spiro atoms. The third-order valence-electron chi connectivity index (χ3n) is 7.52. The number of thiazole rings is 1. The Morgan fingerprint density at radius 2 is 1.71 bits per heavy atom. The zero-order valence-electron chi connectivity index (χ0n) is 25.7. The first-order chi connectivity index (χ1) is 21.8. The zero-order chi connectivity index (χ0) is 31.5. The molecule has 5 aromatic rings. The van der Waals surface area contributed by atoms with Crippen molar-refractivity contribution in [3.8, 4) is 11.5 Å². The molecule has 2 heterocycles. The third kappa shape index (κ3) is 6.33. The molecule has 1 aromatic heterocycles. The average Bonchev–Trinajstić information content (AvgIpc) is 3.33. The number of benzene rings is 4. The number of esters is 1. The van der Waals surface area contributed by atoms with Crippen LogP contribution in [0.1, 0.15) is 50.4 Å². The Kier molecular flexibility index (Phi) is 8.67. The molecule has 4 aromatic carbocycles. The summed E-state index contributed by atoms with van der Waals surface area (Å²) < 4.78 is 19.5. The van der Waals surface area contributed by atoms with Crippen LogP contribution < -0.4 is 24.4 Å². The Labute approximate surface area is 265 Å². The van der Waals surface area contributed by atoms with Crippen LogP contribution in [0.3, 0.4) is 0 Å². The average molecular weight is 619 g/mol. The van der Waals surface area contributed by atoms with Gasteiger partial charge in [0.1, 0.15) is 18.1 Å². The van der Waals surface area contributed by atoms with Gasteiger partial charge in [0.2, 0.25) is 0 Å². The molecule has 0 unspecified atom stereocenters. The first-order valence-corrected chi connectivity index (χ1v) is 15.8. The van der Waals surface area contributed by atoms with Gasteiger partial charge in [-0.3, -0.25) is 9.36 Å². The number of allylic oxidation sites excluding steroid dienone is 1. The number of fused-ring (bicyclic) bond motifs is 2. The van der Waals surface area contributed by atoms with Gasteiger partial charge in [-0.05, 0) is 85.5 Å². The minimum absolute atomic E-state index is 0.234. The number of carbonyl (C=O) groups is 1. The molecule has 1 aliphatic heterocycles. The predicted octanol–water partition coefficient (Wildman–Crippen LogP) is 6.32. The van der Waals surface area contributed by atoms with Crippen molar-refractivity contribution in [3.05, 3.63) is 139 Å². The van der Waals surface area contributed by atoms with Crippen molar-refractivity contribution in [2.75, 3.05) is 6.61 Å². The fraction of sp³-hybridized carbons (Fsp3) is 0.216. The molecule has 45 heavy (non-hydrogen) atoms. The fourth-order valence-electron chi connectivity index (χ4n) is 5.51. The van der Waals surface area contributed by atoms with Crippen molar-refractivity contribution in [1.82, 2.24) is 4.57 Å². The summed E-state index contributed by atoms with van der Waals surface area (Å²) in [5.74, 6) is 0.921. The lowest BCUT2D eigenvalue weighted by Crippen LogP contribution is -2.40. The molecule has 228 valence electrons. The molecule has 0 bridgehead atoms. The van der Waals surface area contributed by atoms with E-state index in [4.69, 9.17) is 19.2 Å². The monoisotopic (exact) mass is 618 g/mol. The zero-order valence-corrected chi connectivity index (χ0v) is 26.5. The predicted molar refractivity (Wildman–Crippen MR) is 177 cm³/mol. The Hall–Kier alpha value is -4.95. The molecule has 6 rings (SSSR count). The molecule has 0 amide bonds. The van der Waals surface area contributed by atoms with Gasteiger partial charge in [-0.15, -0.1) is 0 Å². The summed E-state index contributed by atoms with van der Waals surface area (Å²) in [6, 6.07) is 28.9. The Balaban J connectivity index is 1.36. The summed E-state index contributed by atoms with van der Waals surface area (Å²) in [5, 5.41) is 2.33. The molecule has 0 aliphatic carbocycles. The summed E-state index contributed by atoms with van der Waals surface area (Å²) in [4.78, 5) is 32.6. The highest BCUT2D eigenvalue weighted by Gasteiger charge is 2.33. The van der Waals surface area contributed by atoms with E-state index in [-0.39, 0.29) is 11.7 Å². The van der Waals surface area contributed by atoms with Crippen LogP contribution in [0.25, 0.3) is 16.8 Å². The van der Waals surface area contributed by atoms with Gasteiger partial charge in [0.05, 0.1) is 34.6 Å². The van der Waals surface area contributed by atoms with E-state index in [0.717, 1.165) is 22.1 Å². The van der Waals surface area contributed by atoms with Crippen LogP contribution in [0.15, 0.2) is 112 Å². The van der Waals surface area contributed by atoms with Crippen molar-refractivity contribution in [2.45, 2.75) is 46.4 Å². The van der Waals surface area contributed by atoms with E-state index in [0.29, 0.717) is 45.3 Å². The summed E-state index contributed by atoms with van der Waals surface area (Å²) in [5.41, 5.74) is 3.32.